The SMILES string of the molecule is CCCC(OOC(C)(C)C)OC(=O)OC(CCC)OOC(C)(C)C. The maximum absolute atomic E-state index is 11.9. The Labute approximate surface area is 145 Å². The third-order valence-electron chi connectivity index (χ3n) is 2.31. The first-order valence-electron chi connectivity index (χ1n) is 8.53. The van der Waals surface area contributed by atoms with E-state index in [-0.39, 0.29) is 0 Å². The fraction of sp³-hybridized carbons (Fsp3) is 0.941. The van der Waals surface area contributed by atoms with E-state index in [9.17, 15) is 4.79 Å². The molecule has 0 bridgehead atoms. The highest BCUT2D eigenvalue weighted by atomic mass is 17.2. The lowest BCUT2D eigenvalue weighted by Crippen LogP contribution is -2.31. The average Bonchev–Trinajstić information content (AvgIpc) is 2.41. The van der Waals surface area contributed by atoms with Gasteiger partial charge >= 0.3 is 6.16 Å². The Hall–Kier alpha value is -0.890. The molecule has 0 fully saturated rings. The minimum atomic E-state index is -0.887. The van der Waals surface area contributed by atoms with E-state index in [1.165, 1.54) is 0 Å². The molecule has 0 aromatic rings. The van der Waals surface area contributed by atoms with Gasteiger partial charge in [0, 0.05) is 12.8 Å². The molecule has 0 rings (SSSR count). The third-order valence-corrected chi connectivity index (χ3v) is 2.31. The molecular formula is C17H34O7. The summed E-state index contributed by atoms with van der Waals surface area (Å²) in [5, 5.41) is 0. The van der Waals surface area contributed by atoms with Crippen LogP contribution in [0, 0.1) is 0 Å². The maximum Gasteiger partial charge on any atom is 0.513 e. The number of rotatable bonds is 10. The Morgan fingerprint density at radius 1 is 0.750 bits per heavy atom. The minimum Gasteiger partial charge on any atom is -0.401 e. The highest BCUT2D eigenvalue weighted by Gasteiger charge is 2.24. The summed E-state index contributed by atoms with van der Waals surface area (Å²) < 4.78 is 10.3. The molecular weight excluding hydrogens is 316 g/mol. The van der Waals surface area contributed by atoms with Crippen LogP contribution in [0.4, 0.5) is 4.79 Å². The van der Waals surface area contributed by atoms with Crippen LogP contribution in [0.2, 0.25) is 0 Å². The van der Waals surface area contributed by atoms with Gasteiger partial charge in [-0.15, -0.1) is 0 Å². The molecule has 0 radical (unpaired) electrons. The van der Waals surface area contributed by atoms with Gasteiger partial charge in [-0.25, -0.2) is 14.6 Å². The van der Waals surface area contributed by atoms with Gasteiger partial charge in [-0.1, -0.05) is 26.7 Å². The molecule has 24 heavy (non-hydrogen) atoms. The Bertz CT molecular complexity index is 312. The van der Waals surface area contributed by atoms with Crippen LogP contribution in [0.3, 0.4) is 0 Å². The molecule has 0 spiro atoms. The van der Waals surface area contributed by atoms with Gasteiger partial charge in [-0.3, -0.25) is 0 Å². The van der Waals surface area contributed by atoms with Gasteiger partial charge < -0.3 is 9.47 Å². The second-order valence-electron chi connectivity index (χ2n) is 7.51. The molecule has 144 valence electrons. The summed E-state index contributed by atoms with van der Waals surface area (Å²) in [7, 11) is 0. The summed E-state index contributed by atoms with van der Waals surface area (Å²) in [5.74, 6) is 0. The predicted molar refractivity (Wildman–Crippen MR) is 88.8 cm³/mol. The van der Waals surface area contributed by atoms with Crippen molar-refractivity contribution in [3.8, 4) is 0 Å². The molecule has 0 aliphatic carbocycles. The van der Waals surface area contributed by atoms with Gasteiger partial charge in [0.1, 0.15) is 0 Å². The maximum atomic E-state index is 11.9. The number of carbonyl (C=O) groups excluding carboxylic acids is 1. The summed E-state index contributed by atoms with van der Waals surface area (Å²) in [5.41, 5.74) is -1.01. The quantitative estimate of drug-likeness (QED) is 0.240. The molecule has 0 heterocycles. The Morgan fingerprint density at radius 2 is 1.08 bits per heavy atom. The fourth-order valence-electron chi connectivity index (χ4n) is 1.36. The average molecular weight is 350 g/mol. The van der Waals surface area contributed by atoms with Crippen molar-refractivity contribution in [1.82, 2.24) is 0 Å². The topological polar surface area (TPSA) is 72.5 Å². The van der Waals surface area contributed by atoms with Gasteiger partial charge in [0.25, 0.3) is 0 Å². The van der Waals surface area contributed by atoms with Crippen molar-refractivity contribution in [2.75, 3.05) is 0 Å². The zero-order valence-corrected chi connectivity index (χ0v) is 16.3. The first-order chi connectivity index (χ1) is 11.0. The van der Waals surface area contributed by atoms with Crippen molar-refractivity contribution in [2.45, 2.75) is 105 Å². The van der Waals surface area contributed by atoms with Crippen LogP contribution in [-0.2, 0) is 29.0 Å². The number of hydrogen-bond acceptors (Lipinski definition) is 7. The van der Waals surface area contributed by atoms with Gasteiger partial charge in [-0.05, 0) is 41.5 Å². The van der Waals surface area contributed by atoms with E-state index in [2.05, 4.69) is 0 Å². The Balaban J connectivity index is 4.48. The lowest BCUT2D eigenvalue weighted by molar-refractivity contribution is -0.421. The Kier molecular flexibility index (Phi) is 10.5. The largest absolute Gasteiger partial charge is 0.513 e. The molecule has 0 amide bonds. The molecule has 0 saturated carbocycles. The van der Waals surface area contributed by atoms with Gasteiger partial charge in [0.2, 0.25) is 12.6 Å². The lowest BCUT2D eigenvalue weighted by Gasteiger charge is -2.25. The molecule has 0 N–H and O–H groups in total. The van der Waals surface area contributed by atoms with Gasteiger partial charge in [-0.2, -0.15) is 9.78 Å². The monoisotopic (exact) mass is 350 g/mol. The molecule has 0 saturated heterocycles. The van der Waals surface area contributed by atoms with Crippen LogP contribution in [0.15, 0.2) is 0 Å². The summed E-state index contributed by atoms with van der Waals surface area (Å²) in [4.78, 5) is 32.7. The lowest BCUT2D eigenvalue weighted by atomic mass is 10.2. The third kappa shape index (κ3) is 13.5. The highest BCUT2D eigenvalue weighted by molar-refractivity contribution is 5.60. The minimum absolute atomic E-state index is 0.489. The van der Waals surface area contributed by atoms with Crippen LogP contribution in [0.25, 0.3) is 0 Å². The summed E-state index contributed by atoms with van der Waals surface area (Å²) in [6, 6.07) is 0. The van der Waals surface area contributed by atoms with Crippen molar-refractivity contribution in [1.29, 1.82) is 0 Å². The smallest absolute Gasteiger partial charge is 0.401 e. The van der Waals surface area contributed by atoms with Crippen molar-refractivity contribution in [3.63, 3.8) is 0 Å². The van der Waals surface area contributed by atoms with E-state index in [1.54, 1.807) is 0 Å². The second kappa shape index (κ2) is 10.9. The molecule has 0 aromatic heterocycles. The van der Waals surface area contributed by atoms with Crippen LogP contribution >= 0.6 is 0 Å². The molecule has 2 atom stereocenters. The van der Waals surface area contributed by atoms with Crippen molar-refractivity contribution >= 4 is 6.16 Å². The van der Waals surface area contributed by atoms with Crippen LogP contribution in [-0.4, -0.2) is 29.9 Å². The normalized spacial score (nSPS) is 15.0. The van der Waals surface area contributed by atoms with Crippen LogP contribution < -0.4 is 0 Å². The summed E-state index contributed by atoms with van der Waals surface area (Å²) in [6.07, 6.45) is -0.0747. The molecule has 0 aliphatic heterocycles. The Morgan fingerprint density at radius 3 is 1.33 bits per heavy atom. The molecule has 2 unspecified atom stereocenters. The number of hydrogen-bond donors (Lipinski definition) is 0. The van der Waals surface area contributed by atoms with Gasteiger partial charge in [0.05, 0.1) is 11.2 Å². The molecule has 0 aliphatic rings. The van der Waals surface area contributed by atoms with E-state index in [1.807, 2.05) is 55.4 Å². The summed E-state index contributed by atoms with van der Waals surface area (Å²) in [6.45, 7) is 14.9. The van der Waals surface area contributed by atoms with E-state index in [0.717, 1.165) is 12.8 Å². The molecule has 7 nitrogen and oxygen atoms in total. The van der Waals surface area contributed by atoms with E-state index >= 15 is 0 Å². The zero-order valence-electron chi connectivity index (χ0n) is 16.3. The standard InChI is InChI=1S/C17H34O7/c1-9-11-13(21-23-16(3,4)5)19-15(18)20-14(12-10-2)22-24-17(6,7)8/h13-14H,9-12H2,1-8H3. The van der Waals surface area contributed by atoms with E-state index < -0.39 is 29.9 Å². The first kappa shape index (κ1) is 23.1. The van der Waals surface area contributed by atoms with E-state index in [0.29, 0.717) is 12.8 Å². The second-order valence-corrected chi connectivity index (χ2v) is 7.51. The van der Waals surface area contributed by atoms with Crippen LogP contribution in [0.5, 0.6) is 0 Å². The van der Waals surface area contributed by atoms with Gasteiger partial charge in [0.15, 0.2) is 0 Å². The van der Waals surface area contributed by atoms with E-state index in [4.69, 9.17) is 29.0 Å². The van der Waals surface area contributed by atoms with Crippen molar-refractivity contribution in [3.05, 3.63) is 0 Å². The first-order valence-corrected chi connectivity index (χ1v) is 8.53. The van der Waals surface area contributed by atoms with Crippen molar-refractivity contribution in [2.24, 2.45) is 0 Å². The number of ether oxygens (including phenoxy) is 2. The predicted octanol–water partition coefficient (Wildman–Crippen LogP) is 4.89. The molecule has 7 heteroatoms. The highest BCUT2D eigenvalue weighted by Crippen LogP contribution is 2.16. The van der Waals surface area contributed by atoms with Crippen LogP contribution in [0.1, 0.15) is 81.1 Å². The zero-order chi connectivity index (χ0) is 18.8. The number of carbonyl (C=O) groups is 1. The van der Waals surface area contributed by atoms with Crippen molar-refractivity contribution < 1.29 is 33.8 Å². The fourth-order valence-corrected chi connectivity index (χ4v) is 1.36. The molecule has 0 aromatic carbocycles. The summed E-state index contributed by atoms with van der Waals surface area (Å²) >= 11 is 0.